The second kappa shape index (κ2) is 7.44. The molecule has 0 spiro atoms. The summed E-state index contributed by atoms with van der Waals surface area (Å²) in [6.07, 6.45) is -1.35. The topological polar surface area (TPSA) is 88.1 Å². The maximum absolute atomic E-state index is 12.0. The van der Waals surface area contributed by atoms with E-state index in [1.165, 1.54) is 13.8 Å². The maximum Gasteiger partial charge on any atom is 0.338 e. The van der Waals surface area contributed by atoms with E-state index in [4.69, 9.17) is 18.9 Å². The van der Waals surface area contributed by atoms with Crippen molar-refractivity contribution in [1.29, 1.82) is 0 Å². The molecule has 1 heterocycles. The largest absolute Gasteiger partial charge is 0.459 e. The summed E-state index contributed by atoms with van der Waals surface area (Å²) in [6.45, 7) is 4.07. The van der Waals surface area contributed by atoms with Crippen molar-refractivity contribution >= 4 is 17.9 Å². The lowest BCUT2D eigenvalue weighted by Gasteiger charge is -2.28. The molecule has 0 aliphatic carbocycles. The summed E-state index contributed by atoms with van der Waals surface area (Å²) >= 11 is 0. The molecule has 130 valence electrons. The molecule has 7 heteroatoms. The summed E-state index contributed by atoms with van der Waals surface area (Å²) < 4.78 is 21.1. The Bertz CT molecular complexity index is 613. The number of benzene rings is 1. The van der Waals surface area contributed by atoms with Crippen LogP contribution in [0.1, 0.15) is 37.6 Å². The van der Waals surface area contributed by atoms with Crippen molar-refractivity contribution in [2.75, 3.05) is 6.61 Å². The van der Waals surface area contributed by atoms with Gasteiger partial charge < -0.3 is 18.9 Å². The molecule has 0 radical (unpaired) electrons. The van der Waals surface area contributed by atoms with Gasteiger partial charge in [-0.25, -0.2) is 4.79 Å². The molecule has 7 nitrogen and oxygen atoms in total. The van der Waals surface area contributed by atoms with Crippen LogP contribution in [-0.2, 0) is 28.5 Å². The molecule has 0 saturated carbocycles. The first kappa shape index (κ1) is 17.9. The molecule has 1 aliphatic rings. The van der Waals surface area contributed by atoms with Crippen molar-refractivity contribution in [3.63, 3.8) is 0 Å². The third kappa shape index (κ3) is 4.55. The standard InChI is InChI=1S/C17H20O7/c1-11(18)22-16-17(3,24-12(2)19)9-14(23-16)10-21-15(20)13-7-5-4-6-8-13/h4-8,14,16H,9-10H2,1-3H3. The van der Waals surface area contributed by atoms with Gasteiger partial charge in [0, 0.05) is 20.3 Å². The fourth-order valence-corrected chi connectivity index (χ4v) is 2.56. The van der Waals surface area contributed by atoms with Crippen LogP contribution in [0.15, 0.2) is 30.3 Å². The Hall–Kier alpha value is -2.41. The minimum Gasteiger partial charge on any atom is -0.459 e. The first-order chi connectivity index (χ1) is 11.3. The maximum atomic E-state index is 12.0. The van der Waals surface area contributed by atoms with Gasteiger partial charge in [0.25, 0.3) is 0 Å². The van der Waals surface area contributed by atoms with E-state index in [0.29, 0.717) is 5.56 Å². The SMILES string of the molecule is CC(=O)OC1OC(COC(=O)c2ccccc2)CC1(C)OC(C)=O. The van der Waals surface area contributed by atoms with E-state index in [2.05, 4.69) is 0 Å². The van der Waals surface area contributed by atoms with Crippen molar-refractivity contribution in [1.82, 2.24) is 0 Å². The van der Waals surface area contributed by atoms with Gasteiger partial charge in [-0.1, -0.05) is 18.2 Å². The zero-order valence-corrected chi connectivity index (χ0v) is 13.8. The lowest BCUT2D eigenvalue weighted by atomic mass is 10.0. The van der Waals surface area contributed by atoms with Gasteiger partial charge in [-0.2, -0.15) is 0 Å². The second-order valence-corrected chi connectivity index (χ2v) is 5.77. The summed E-state index contributed by atoms with van der Waals surface area (Å²) in [4.78, 5) is 34.4. The molecule has 1 aromatic carbocycles. The van der Waals surface area contributed by atoms with Crippen molar-refractivity contribution < 1.29 is 33.3 Å². The Morgan fingerprint density at radius 3 is 2.42 bits per heavy atom. The predicted molar refractivity (Wildman–Crippen MR) is 81.9 cm³/mol. The molecule has 3 atom stereocenters. The van der Waals surface area contributed by atoms with Crippen molar-refractivity contribution in [2.24, 2.45) is 0 Å². The number of ether oxygens (including phenoxy) is 4. The summed E-state index contributed by atoms with van der Waals surface area (Å²) in [5.74, 6) is -1.55. The van der Waals surface area contributed by atoms with Gasteiger partial charge in [0.2, 0.25) is 6.29 Å². The number of rotatable bonds is 5. The molecular weight excluding hydrogens is 316 g/mol. The minimum atomic E-state index is -1.12. The van der Waals surface area contributed by atoms with Gasteiger partial charge in [0.1, 0.15) is 12.7 Å². The molecule has 0 bridgehead atoms. The van der Waals surface area contributed by atoms with Gasteiger partial charge in [-0.15, -0.1) is 0 Å². The molecule has 3 unspecified atom stereocenters. The highest BCUT2D eigenvalue weighted by Gasteiger charge is 2.50. The smallest absolute Gasteiger partial charge is 0.338 e. The number of esters is 3. The van der Waals surface area contributed by atoms with Gasteiger partial charge in [0.05, 0.1) is 5.56 Å². The van der Waals surface area contributed by atoms with E-state index in [0.717, 1.165) is 0 Å². The van der Waals surface area contributed by atoms with Crippen molar-refractivity contribution in [3.05, 3.63) is 35.9 Å². The van der Waals surface area contributed by atoms with Crippen LogP contribution in [-0.4, -0.2) is 42.5 Å². The normalized spacial score (nSPS) is 25.8. The van der Waals surface area contributed by atoms with Gasteiger partial charge >= 0.3 is 17.9 Å². The summed E-state index contributed by atoms with van der Waals surface area (Å²) in [5, 5.41) is 0. The third-order valence-electron chi connectivity index (χ3n) is 3.51. The molecule has 0 aromatic heterocycles. The predicted octanol–water partition coefficient (Wildman–Crippen LogP) is 1.84. The van der Waals surface area contributed by atoms with E-state index in [1.54, 1.807) is 37.3 Å². The van der Waals surface area contributed by atoms with E-state index < -0.39 is 35.9 Å². The first-order valence-electron chi connectivity index (χ1n) is 7.54. The average Bonchev–Trinajstić information content (AvgIpc) is 2.80. The van der Waals surface area contributed by atoms with E-state index in [-0.39, 0.29) is 13.0 Å². The highest BCUT2D eigenvalue weighted by atomic mass is 16.7. The van der Waals surface area contributed by atoms with Crippen LogP contribution in [0.25, 0.3) is 0 Å². The van der Waals surface area contributed by atoms with Crippen LogP contribution in [0.5, 0.6) is 0 Å². The highest BCUT2D eigenvalue weighted by Crippen LogP contribution is 2.35. The Kier molecular flexibility index (Phi) is 5.56. The molecule has 24 heavy (non-hydrogen) atoms. The first-order valence-corrected chi connectivity index (χ1v) is 7.54. The molecular formula is C17H20O7. The molecule has 1 saturated heterocycles. The lowest BCUT2D eigenvalue weighted by molar-refractivity contribution is -0.214. The monoisotopic (exact) mass is 336 g/mol. The molecule has 2 rings (SSSR count). The fraction of sp³-hybridized carbons (Fsp3) is 0.471. The quantitative estimate of drug-likeness (QED) is 0.599. The van der Waals surface area contributed by atoms with Gasteiger partial charge in [-0.05, 0) is 19.1 Å². The van der Waals surface area contributed by atoms with E-state index in [9.17, 15) is 14.4 Å². The molecule has 0 amide bonds. The molecule has 0 N–H and O–H groups in total. The number of carbonyl (C=O) groups is 3. The summed E-state index contributed by atoms with van der Waals surface area (Å²) in [5.41, 5.74) is -0.698. The number of hydrogen-bond acceptors (Lipinski definition) is 7. The molecule has 1 aromatic rings. The van der Waals surface area contributed by atoms with Crippen LogP contribution in [0.3, 0.4) is 0 Å². The third-order valence-corrected chi connectivity index (χ3v) is 3.51. The van der Waals surface area contributed by atoms with Crippen LogP contribution >= 0.6 is 0 Å². The van der Waals surface area contributed by atoms with E-state index in [1.807, 2.05) is 0 Å². The van der Waals surface area contributed by atoms with E-state index >= 15 is 0 Å². The van der Waals surface area contributed by atoms with Gasteiger partial charge in [-0.3, -0.25) is 9.59 Å². The second-order valence-electron chi connectivity index (χ2n) is 5.77. The highest BCUT2D eigenvalue weighted by molar-refractivity contribution is 5.89. The Morgan fingerprint density at radius 2 is 1.83 bits per heavy atom. The Morgan fingerprint density at radius 1 is 1.17 bits per heavy atom. The van der Waals surface area contributed by atoms with Crippen LogP contribution in [0.4, 0.5) is 0 Å². The average molecular weight is 336 g/mol. The molecule has 1 fully saturated rings. The zero-order chi connectivity index (χ0) is 17.7. The van der Waals surface area contributed by atoms with Crippen molar-refractivity contribution in [2.45, 2.75) is 45.2 Å². The Balaban J connectivity index is 1.98. The van der Waals surface area contributed by atoms with Crippen LogP contribution in [0, 0.1) is 0 Å². The van der Waals surface area contributed by atoms with Crippen LogP contribution < -0.4 is 0 Å². The van der Waals surface area contributed by atoms with Crippen molar-refractivity contribution in [3.8, 4) is 0 Å². The number of hydrogen-bond donors (Lipinski definition) is 0. The van der Waals surface area contributed by atoms with Crippen LogP contribution in [0.2, 0.25) is 0 Å². The van der Waals surface area contributed by atoms with Gasteiger partial charge in [0.15, 0.2) is 5.60 Å². The lowest BCUT2D eigenvalue weighted by Crippen LogP contribution is -2.41. The summed E-state index contributed by atoms with van der Waals surface area (Å²) in [7, 11) is 0. The Labute approximate surface area is 139 Å². The minimum absolute atomic E-state index is 0.0393. The summed E-state index contributed by atoms with van der Waals surface area (Å²) in [6, 6.07) is 8.55. The fourth-order valence-electron chi connectivity index (χ4n) is 2.56. The zero-order valence-electron chi connectivity index (χ0n) is 13.8. The number of carbonyl (C=O) groups excluding carboxylic acids is 3. The molecule has 1 aliphatic heterocycles.